The summed E-state index contributed by atoms with van der Waals surface area (Å²) < 4.78 is 0. The normalized spacial score (nSPS) is 23.6. The minimum atomic E-state index is -0.790. The van der Waals surface area contributed by atoms with Gasteiger partial charge in [0.25, 0.3) is 0 Å². The van der Waals surface area contributed by atoms with Crippen LogP contribution in [-0.2, 0) is 9.59 Å². The molecule has 0 bridgehead atoms. The Morgan fingerprint density at radius 2 is 2.00 bits per heavy atom. The van der Waals surface area contributed by atoms with Crippen molar-refractivity contribution in [1.82, 2.24) is 10.3 Å². The number of carbonyl (C=O) groups is 2. The van der Waals surface area contributed by atoms with Gasteiger partial charge < -0.3 is 10.4 Å². The summed E-state index contributed by atoms with van der Waals surface area (Å²) in [7, 11) is 0. The van der Waals surface area contributed by atoms with Gasteiger partial charge in [-0.15, -0.1) is 11.3 Å². The van der Waals surface area contributed by atoms with Gasteiger partial charge in [0, 0.05) is 10.8 Å². The molecule has 20 heavy (non-hydrogen) atoms. The molecular formula is C14H20N2O3S. The maximum atomic E-state index is 12.2. The molecule has 110 valence electrons. The predicted molar refractivity (Wildman–Crippen MR) is 76.6 cm³/mol. The summed E-state index contributed by atoms with van der Waals surface area (Å²) >= 11 is 1.59. The van der Waals surface area contributed by atoms with Crippen LogP contribution in [0.2, 0.25) is 0 Å². The first-order valence-corrected chi connectivity index (χ1v) is 7.67. The van der Waals surface area contributed by atoms with Crippen LogP contribution in [0.4, 0.5) is 0 Å². The van der Waals surface area contributed by atoms with Crippen molar-refractivity contribution in [1.29, 1.82) is 0 Å². The molecule has 2 N–H and O–H groups in total. The zero-order chi connectivity index (χ0) is 14.9. The molecule has 1 aliphatic rings. The molecule has 0 spiro atoms. The number of aliphatic carboxylic acids is 1. The fourth-order valence-corrected chi connectivity index (χ4v) is 3.72. The maximum absolute atomic E-state index is 12.2. The smallest absolute Gasteiger partial charge is 0.306 e. The van der Waals surface area contributed by atoms with E-state index < -0.39 is 5.97 Å². The number of carbonyl (C=O) groups excluding carboxylic acids is 1. The van der Waals surface area contributed by atoms with Crippen molar-refractivity contribution < 1.29 is 14.7 Å². The Balaban J connectivity index is 1.95. The van der Waals surface area contributed by atoms with E-state index in [1.165, 1.54) is 0 Å². The molecule has 1 unspecified atom stereocenters. The van der Waals surface area contributed by atoms with E-state index in [1.807, 2.05) is 20.8 Å². The molecule has 0 aliphatic heterocycles. The topological polar surface area (TPSA) is 79.3 Å². The number of carboxylic acid groups (broad SMARTS) is 1. The van der Waals surface area contributed by atoms with Crippen molar-refractivity contribution >= 4 is 23.2 Å². The number of thiazole rings is 1. The van der Waals surface area contributed by atoms with Gasteiger partial charge in [-0.25, -0.2) is 4.98 Å². The van der Waals surface area contributed by atoms with Crippen LogP contribution in [0.3, 0.4) is 0 Å². The number of hydrogen-bond donors (Lipinski definition) is 2. The zero-order valence-corrected chi connectivity index (χ0v) is 12.8. The SMILES string of the molecule is Cc1nc(C)c(C(C)NC(=O)[C@@H]2CC[C@H](C(=O)O)C2)s1. The van der Waals surface area contributed by atoms with Gasteiger partial charge in [-0.1, -0.05) is 0 Å². The lowest BCUT2D eigenvalue weighted by molar-refractivity contribution is -0.141. The lowest BCUT2D eigenvalue weighted by atomic mass is 10.0. The Kier molecular flexibility index (Phi) is 4.42. The molecule has 1 aromatic rings. The highest BCUT2D eigenvalue weighted by Crippen LogP contribution is 2.32. The Labute approximate surface area is 122 Å². The molecule has 5 nitrogen and oxygen atoms in total. The van der Waals surface area contributed by atoms with E-state index in [2.05, 4.69) is 10.3 Å². The highest BCUT2D eigenvalue weighted by Gasteiger charge is 2.34. The minimum absolute atomic E-state index is 0.0355. The first kappa shape index (κ1) is 15.0. The van der Waals surface area contributed by atoms with Gasteiger partial charge in [0.05, 0.1) is 22.7 Å². The number of hydrogen-bond acceptors (Lipinski definition) is 4. The van der Waals surface area contributed by atoms with Gasteiger partial charge >= 0.3 is 5.97 Å². The molecule has 0 radical (unpaired) electrons. The van der Waals surface area contributed by atoms with Crippen LogP contribution in [0.1, 0.15) is 47.8 Å². The second-order valence-corrected chi connectivity index (χ2v) is 6.69. The van der Waals surface area contributed by atoms with Crippen molar-refractivity contribution in [2.45, 2.75) is 46.1 Å². The Bertz CT molecular complexity index is 526. The van der Waals surface area contributed by atoms with E-state index in [4.69, 9.17) is 5.11 Å². The molecule has 6 heteroatoms. The maximum Gasteiger partial charge on any atom is 0.306 e. The van der Waals surface area contributed by atoms with Crippen molar-refractivity contribution in [3.63, 3.8) is 0 Å². The number of aryl methyl sites for hydroxylation is 2. The monoisotopic (exact) mass is 296 g/mol. The molecule has 1 saturated carbocycles. The highest BCUT2D eigenvalue weighted by atomic mass is 32.1. The number of amides is 1. The number of nitrogens with zero attached hydrogens (tertiary/aromatic N) is 1. The Morgan fingerprint density at radius 3 is 2.50 bits per heavy atom. The standard InChI is InChI=1S/C14H20N2O3S/c1-7-12(20-9(3)15-7)8(2)16-13(17)10-4-5-11(6-10)14(18)19/h8,10-11H,4-6H2,1-3H3,(H,16,17)(H,18,19)/t8?,10-,11+/m1/s1. The number of carboxylic acids is 1. The van der Waals surface area contributed by atoms with Crippen LogP contribution in [0.15, 0.2) is 0 Å². The second-order valence-electron chi connectivity index (χ2n) is 5.46. The summed E-state index contributed by atoms with van der Waals surface area (Å²) in [5, 5.41) is 13.0. The van der Waals surface area contributed by atoms with Gasteiger partial charge in [-0.2, -0.15) is 0 Å². The molecule has 1 heterocycles. The molecule has 0 aromatic carbocycles. The van der Waals surface area contributed by atoms with Crippen LogP contribution in [0.25, 0.3) is 0 Å². The summed E-state index contributed by atoms with van der Waals surface area (Å²) in [6, 6.07) is -0.0717. The minimum Gasteiger partial charge on any atom is -0.481 e. The average Bonchev–Trinajstić information content (AvgIpc) is 2.95. The quantitative estimate of drug-likeness (QED) is 0.894. The number of aromatic nitrogens is 1. The van der Waals surface area contributed by atoms with E-state index in [9.17, 15) is 9.59 Å². The summed E-state index contributed by atoms with van der Waals surface area (Å²) in [6.45, 7) is 5.84. The fraction of sp³-hybridized carbons (Fsp3) is 0.643. The largest absolute Gasteiger partial charge is 0.481 e. The van der Waals surface area contributed by atoms with Gasteiger partial charge in [-0.3, -0.25) is 9.59 Å². The van der Waals surface area contributed by atoms with Crippen molar-refractivity contribution in [3.8, 4) is 0 Å². The molecule has 1 aromatic heterocycles. The highest BCUT2D eigenvalue weighted by molar-refractivity contribution is 7.11. The molecule has 3 atom stereocenters. The fourth-order valence-electron chi connectivity index (χ4n) is 2.79. The third-order valence-corrected chi connectivity index (χ3v) is 5.10. The summed E-state index contributed by atoms with van der Waals surface area (Å²) in [4.78, 5) is 28.6. The first-order chi connectivity index (χ1) is 9.38. The van der Waals surface area contributed by atoms with E-state index in [0.29, 0.717) is 19.3 Å². The molecule has 1 amide bonds. The van der Waals surface area contributed by atoms with Crippen LogP contribution < -0.4 is 5.32 Å². The predicted octanol–water partition coefficient (Wildman–Crippen LogP) is 2.44. The lowest BCUT2D eigenvalue weighted by Gasteiger charge is -2.16. The molecule has 0 saturated heterocycles. The summed E-state index contributed by atoms with van der Waals surface area (Å²) in [5.41, 5.74) is 0.954. The average molecular weight is 296 g/mol. The van der Waals surface area contributed by atoms with Crippen molar-refractivity contribution in [2.24, 2.45) is 11.8 Å². The molecule has 1 aliphatic carbocycles. The Hall–Kier alpha value is -1.43. The van der Waals surface area contributed by atoms with Gasteiger partial charge in [-0.05, 0) is 40.0 Å². The van der Waals surface area contributed by atoms with Crippen LogP contribution in [0.5, 0.6) is 0 Å². The molecular weight excluding hydrogens is 276 g/mol. The van der Waals surface area contributed by atoms with E-state index in [-0.39, 0.29) is 23.8 Å². The first-order valence-electron chi connectivity index (χ1n) is 6.85. The van der Waals surface area contributed by atoms with Gasteiger partial charge in [0.15, 0.2) is 0 Å². The van der Waals surface area contributed by atoms with Gasteiger partial charge in [0.1, 0.15) is 0 Å². The molecule has 2 rings (SSSR count). The van der Waals surface area contributed by atoms with E-state index >= 15 is 0 Å². The molecule has 1 fully saturated rings. The lowest BCUT2D eigenvalue weighted by Crippen LogP contribution is -2.32. The van der Waals surface area contributed by atoms with Crippen molar-refractivity contribution in [2.75, 3.05) is 0 Å². The number of nitrogens with one attached hydrogen (secondary N) is 1. The third kappa shape index (κ3) is 3.17. The van der Waals surface area contributed by atoms with Crippen molar-refractivity contribution in [3.05, 3.63) is 15.6 Å². The second kappa shape index (κ2) is 5.91. The van der Waals surface area contributed by atoms with Gasteiger partial charge in [0.2, 0.25) is 5.91 Å². The third-order valence-electron chi connectivity index (χ3n) is 3.84. The Morgan fingerprint density at radius 1 is 1.35 bits per heavy atom. The zero-order valence-electron chi connectivity index (χ0n) is 12.0. The van der Waals surface area contributed by atoms with Crippen LogP contribution in [0, 0.1) is 25.7 Å². The van der Waals surface area contributed by atoms with E-state index in [0.717, 1.165) is 15.6 Å². The van der Waals surface area contributed by atoms with Crippen LogP contribution in [-0.4, -0.2) is 22.0 Å². The van der Waals surface area contributed by atoms with E-state index in [1.54, 1.807) is 11.3 Å². The summed E-state index contributed by atoms with van der Waals surface area (Å²) in [5.74, 6) is -1.37. The van der Waals surface area contributed by atoms with Crippen LogP contribution >= 0.6 is 11.3 Å². The summed E-state index contributed by atoms with van der Waals surface area (Å²) in [6.07, 6.45) is 1.71. The number of rotatable bonds is 4.